The highest BCUT2D eigenvalue weighted by Gasteiger charge is 2.01. The molecule has 66 valence electrons. The Morgan fingerprint density at radius 2 is 2.25 bits per heavy atom. The zero-order valence-corrected chi connectivity index (χ0v) is 9.06. The first-order valence-electron chi connectivity index (χ1n) is 3.71. The van der Waals surface area contributed by atoms with Gasteiger partial charge < -0.3 is 5.11 Å². The van der Waals surface area contributed by atoms with Gasteiger partial charge in [-0.15, -0.1) is 0 Å². The van der Waals surface area contributed by atoms with Crippen LogP contribution in [-0.2, 0) is 6.42 Å². The van der Waals surface area contributed by atoms with Crippen molar-refractivity contribution in [1.82, 2.24) is 0 Å². The highest BCUT2D eigenvalue weighted by Crippen LogP contribution is 2.23. The van der Waals surface area contributed by atoms with Gasteiger partial charge in [-0.3, -0.25) is 0 Å². The summed E-state index contributed by atoms with van der Waals surface area (Å²) in [5.41, 5.74) is 1.05. The molecule has 0 aliphatic heterocycles. The lowest BCUT2D eigenvalue weighted by Crippen LogP contribution is -2.03. The van der Waals surface area contributed by atoms with E-state index in [-0.39, 0.29) is 6.10 Å². The monoisotopic (exact) mass is 248 g/mol. The quantitative estimate of drug-likeness (QED) is 0.854. The van der Waals surface area contributed by atoms with Gasteiger partial charge in [0.2, 0.25) is 0 Å². The van der Waals surface area contributed by atoms with Crippen molar-refractivity contribution < 1.29 is 5.11 Å². The van der Waals surface area contributed by atoms with Crippen LogP contribution in [0.3, 0.4) is 0 Å². The molecule has 3 heteroatoms. The van der Waals surface area contributed by atoms with Crippen LogP contribution in [0.1, 0.15) is 12.5 Å². The average Bonchev–Trinajstić information content (AvgIpc) is 1.96. The second-order valence-electron chi connectivity index (χ2n) is 2.80. The van der Waals surface area contributed by atoms with Gasteiger partial charge in [-0.05, 0) is 47.0 Å². The molecule has 0 aliphatic rings. The zero-order chi connectivity index (χ0) is 9.14. The van der Waals surface area contributed by atoms with Gasteiger partial charge in [0.25, 0.3) is 0 Å². The van der Waals surface area contributed by atoms with Gasteiger partial charge in [0.05, 0.1) is 11.1 Å². The van der Waals surface area contributed by atoms with E-state index in [1.165, 1.54) is 0 Å². The van der Waals surface area contributed by atoms with E-state index in [4.69, 9.17) is 16.7 Å². The summed E-state index contributed by atoms with van der Waals surface area (Å²) in [6.45, 7) is 1.76. The molecule has 1 aromatic carbocycles. The lowest BCUT2D eigenvalue weighted by Gasteiger charge is -2.04. The van der Waals surface area contributed by atoms with Crippen LogP contribution in [-0.4, -0.2) is 11.2 Å². The topological polar surface area (TPSA) is 20.2 Å². The number of benzene rings is 1. The van der Waals surface area contributed by atoms with Crippen LogP contribution in [0.25, 0.3) is 0 Å². The SMILES string of the molecule is CC(O)Cc1ccc(Br)c(Cl)c1. The van der Waals surface area contributed by atoms with Crippen LogP contribution >= 0.6 is 27.5 Å². The van der Waals surface area contributed by atoms with Crippen molar-refractivity contribution in [2.45, 2.75) is 19.4 Å². The Morgan fingerprint density at radius 3 is 2.75 bits per heavy atom. The van der Waals surface area contributed by atoms with Gasteiger partial charge in [0.15, 0.2) is 0 Å². The van der Waals surface area contributed by atoms with Crippen LogP contribution < -0.4 is 0 Å². The minimum absolute atomic E-state index is 0.317. The second kappa shape index (κ2) is 4.26. The predicted molar refractivity (Wildman–Crippen MR) is 54.5 cm³/mol. The summed E-state index contributed by atoms with van der Waals surface area (Å²) in [4.78, 5) is 0. The summed E-state index contributed by atoms with van der Waals surface area (Å²) in [6.07, 6.45) is 0.328. The molecule has 0 spiro atoms. The van der Waals surface area contributed by atoms with Crippen molar-refractivity contribution in [3.05, 3.63) is 33.3 Å². The maximum atomic E-state index is 9.11. The number of aliphatic hydroxyl groups excluding tert-OH is 1. The van der Waals surface area contributed by atoms with Crippen molar-refractivity contribution in [1.29, 1.82) is 0 Å². The molecule has 1 nitrogen and oxygen atoms in total. The van der Waals surface area contributed by atoms with Gasteiger partial charge in [-0.25, -0.2) is 0 Å². The lowest BCUT2D eigenvalue weighted by atomic mass is 10.1. The van der Waals surface area contributed by atoms with Crippen molar-refractivity contribution >= 4 is 27.5 Å². The maximum absolute atomic E-state index is 9.11. The molecule has 1 unspecified atom stereocenters. The van der Waals surface area contributed by atoms with Crippen molar-refractivity contribution in [2.75, 3.05) is 0 Å². The smallest absolute Gasteiger partial charge is 0.0552 e. The van der Waals surface area contributed by atoms with Crippen molar-refractivity contribution in [3.63, 3.8) is 0 Å². The zero-order valence-electron chi connectivity index (χ0n) is 6.72. The molecular weight excluding hydrogens is 239 g/mol. The molecule has 0 aromatic heterocycles. The maximum Gasteiger partial charge on any atom is 0.0552 e. The first kappa shape index (κ1) is 10.0. The van der Waals surface area contributed by atoms with E-state index in [0.29, 0.717) is 11.4 Å². The van der Waals surface area contributed by atoms with Crippen LogP contribution in [0.4, 0.5) is 0 Å². The molecule has 0 saturated carbocycles. The Morgan fingerprint density at radius 1 is 1.58 bits per heavy atom. The molecule has 0 fully saturated rings. The highest BCUT2D eigenvalue weighted by atomic mass is 79.9. The fraction of sp³-hybridized carbons (Fsp3) is 0.333. The van der Waals surface area contributed by atoms with Crippen LogP contribution in [0.5, 0.6) is 0 Å². The largest absolute Gasteiger partial charge is 0.393 e. The van der Waals surface area contributed by atoms with Crippen LogP contribution in [0.2, 0.25) is 5.02 Å². The summed E-state index contributed by atoms with van der Waals surface area (Å²) in [7, 11) is 0. The van der Waals surface area contributed by atoms with Crippen LogP contribution in [0.15, 0.2) is 22.7 Å². The number of halogens is 2. The van der Waals surface area contributed by atoms with E-state index in [9.17, 15) is 0 Å². The molecule has 0 bridgehead atoms. The van der Waals surface area contributed by atoms with E-state index >= 15 is 0 Å². The summed E-state index contributed by atoms with van der Waals surface area (Å²) in [5.74, 6) is 0. The Hall–Kier alpha value is -0.0500. The fourth-order valence-corrected chi connectivity index (χ4v) is 1.46. The average molecular weight is 250 g/mol. The Labute approximate surface area is 85.5 Å². The third kappa shape index (κ3) is 2.77. The Bertz CT molecular complexity index is 273. The van der Waals surface area contributed by atoms with Gasteiger partial charge in [0, 0.05) is 4.47 Å². The van der Waals surface area contributed by atoms with E-state index in [1.54, 1.807) is 6.92 Å². The van der Waals surface area contributed by atoms with E-state index in [0.717, 1.165) is 10.0 Å². The summed E-state index contributed by atoms with van der Waals surface area (Å²) < 4.78 is 0.888. The predicted octanol–water partition coefficient (Wildman–Crippen LogP) is 3.03. The molecule has 0 saturated heterocycles. The summed E-state index contributed by atoms with van der Waals surface area (Å²) >= 11 is 9.17. The first-order valence-corrected chi connectivity index (χ1v) is 4.88. The van der Waals surface area contributed by atoms with E-state index < -0.39 is 0 Å². The third-order valence-corrected chi connectivity index (χ3v) is 2.75. The number of hydrogen-bond acceptors (Lipinski definition) is 1. The molecule has 0 amide bonds. The molecule has 1 rings (SSSR count). The molecule has 1 N–H and O–H groups in total. The molecule has 0 radical (unpaired) electrons. The number of rotatable bonds is 2. The van der Waals surface area contributed by atoms with Gasteiger partial charge in [-0.2, -0.15) is 0 Å². The lowest BCUT2D eigenvalue weighted by molar-refractivity contribution is 0.195. The van der Waals surface area contributed by atoms with Gasteiger partial charge in [-0.1, -0.05) is 17.7 Å². The van der Waals surface area contributed by atoms with E-state index in [1.807, 2.05) is 18.2 Å². The second-order valence-corrected chi connectivity index (χ2v) is 4.06. The van der Waals surface area contributed by atoms with Crippen LogP contribution in [0, 0.1) is 0 Å². The molecule has 1 atom stereocenters. The fourth-order valence-electron chi connectivity index (χ4n) is 1.01. The number of aliphatic hydroxyl groups is 1. The van der Waals surface area contributed by atoms with Gasteiger partial charge in [0.1, 0.15) is 0 Å². The highest BCUT2D eigenvalue weighted by molar-refractivity contribution is 9.10. The molecule has 12 heavy (non-hydrogen) atoms. The Kier molecular flexibility index (Phi) is 3.56. The third-order valence-electron chi connectivity index (χ3n) is 1.52. The number of hydrogen-bond donors (Lipinski definition) is 1. The Balaban J connectivity index is 2.82. The summed E-state index contributed by atoms with van der Waals surface area (Å²) in [5, 5.41) is 9.80. The first-order chi connectivity index (χ1) is 5.59. The summed E-state index contributed by atoms with van der Waals surface area (Å²) in [6, 6.07) is 5.70. The van der Waals surface area contributed by atoms with Crippen molar-refractivity contribution in [2.24, 2.45) is 0 Å². The minimum atomic E-state index is -0.317. The minimum Gasteiger partial charge on any atom is -0.393 e. The van der Waals surface area contributed by atoms with Crippen molar-refractivity contribution in [3.8, 4) is 0 Å². The molecule has 0 aliphatic carbocycles. The molecule has 1 aromatic rings. The normalized spacial score (nSPS) is 13.0. The van der Waals surface area contributed by atoms with Gasteiger partial charge >= 0.3 is 0 Å². The molecule has 0 heterocycles. The van der Waals surface area contributed by atoms with E-state index in [2.05, 4.69) is 15.9 Å². The molecular formula is C9H10BrClO. The standard InChI is InChI=1S/C9H10BrClO/c1-6(12)4-7-2-3-8(10)9(11)5-7/h2-3,5-6,12H,4H2,1H3.